The van der Waals surface area contributed by atoms with Gasteiger partial charge in [-0.1, -0.05) is 357 Å². The highest BCUT2D eigenvalue weighted by Crippen LogP contribution is 2.45. The number of carbonyl (C=O) groups excluding carboxylic acids is 4. The van der Waals surface area contributed by atoms with Gasteiger partial charge >= 0.3 is 39.5 Å². The van der Waals surface area contributed by atoms with Crippen LogP contribution >= 0.6 is 15.6 Å². The number of carbonyl (C=O) groups is 4. The Kier molecular flexibility index (Phi) is 67.8. The van der Waals surface area contributed by atoms with Crippen LogP contribution in [0.2, 0.25) is 0 Å². The molecule has 0 radical (unpaired) electrons. The summed E-state index contributed by atoms with van der Waals surface area (Å²) in [7, 11) is -9.92. The number of hydrogen-bond acceptors (Lipinski definition) is 15. The fourth-order valence-corrected chi connectivity index (χ4v) is 13.7. The van der Waals surface area contributed by atoms with Gasteiger partial charge < -0.3 is 33.8 Å². The van der Waals surface area contributed by atoms with Gasteiger partial charge in [-0.25, -0.2) is 9.13 Å². The molecule has 0 aromatic rings. The number of rotatable bonds is 77. The highest BCUT2D eigenvalue weighted by atomic mass is 31.2. The molecule has 0 heterocycles. The Morgan fingerprint density at radius 1 is 0.283 bits per heavy atom. The van der Waals surface area contributed by atoms with Crippen LogP contribution in [0.15, 0.2) is 0 Å². The fraction of sp³-hybridized carbons (Fsp3) is 0.950. The zero-order valence-corrected chi connectivity index (χ0v) is 66.9. The summed E-state index contributed by atoms with van der Waals surface area (Å²) in [4.78, 5) is 73.0. The highest BCUT2D eigenvalue weighted by molar-refractivity contribution is 7.47. The van der Waals surface area contributed by atoms with E-state index in [-0.39, 0.29) is 25.7 Å². The van der Waals surface area contributed by atoms with Crippen molar-refractivity contribution in [3.05, 3.63) is 0 Å². The Morgan fingerprint density at radius 3 is 0.717 bits per heavy atom. The van der Waals surface area contributed by atoms with E-state index in [0.717, 1.165) is 114 Å². The maximum absolute atomic E-state index is 13.1. The average molecular weight is 1450 g/mol. The SMILES string of the molecule is CCC(C)CCCCCCCCCCCCCCCCC(=O)OC[C@H](COP(=O)(O)OCC(O)COP(=O)(O)OC[C@@H](COC(=O)CCCCCCCCCCC(C)C)OC(=O)CCCCCCCCCCC(C)CC)OC(=O)CCCCCCCCCCCCCCCCC(C)CC. The van der Waals surface area contributed by atoms with Crippen molar-refractivity contribution < 1.29 is 80.2 Å². The van der Waals surface area contributed by atoms with Gasteiger partial charge in [0.15, 0.2) is 12.2 Å². The van der Waals surface area contributed by atoms with Crippen LogP contribution in [0.25, 0.3) is 0 Å². The zero-order chi connectivity index (χ0) is 73.1. The van der Waals surface area contributed by atoms with Gasteiger partial charge in [-0.05, 0) is 49.4 Å². The minimum Gasteiger partial charge on any atom is -0.462 e. The van der Waals surface area contributed by atoms with E-state index in [2.05, 4.69) is 55.4 Å². The monoisotopic (exact) mass is 1450 g/mol. The van der Waals surface area contributed by atoms with Crippen LogP contribution < -0.4 is 0 Å². The van der Waals surface area contributed by atoms with Crippen LogP contribution in [0, 0.1) is 23.7 Å². The van der Waals surface area contributed by atoms with Gasteiger partial charge in [0.05, 0.1) is 26.4 Å². The fourth-order valence-electron chi connectivity index (χ4n) is 12.2. The molecule has 0 saturated heterocycles. The first kappa shape index (κ1) is 97.1. The normalized spacial score (nSPS) is 14.9. The molecule has 99 heavy (non-hydrogen) atoms. The molecule has 0 aliphatic heterocycles. The second-order valence-corrected chi connectivity index (χ2v) is 32.9. The summed E-state index contributed by atoms with van der Waals surface area (Å²) in [6.45, 7) is 14.3. The van der Waals surface area contributed by atoms with Crippen molar-refractivity contribution in [1.29, 1.82) is 0 Å². The van der Waals surface area contributed by atoms with E-state index in [1.165, 1.54) is 212 Å². The molecule has 6 unspecified atom stereocenters. The molecule has 0 fully saturated rings. The Bertz CT molecular complexity index is 1940. The predicted octanol–water partition coefficient (Wildman–Crippen LogP) is 23.6. The standard InChI is InChI=1S/C80H156O17P2/c1-9-71(6)57-49-41-33-24-20-16-12-14-18-22-26-36-44-52-60-77(82)90-66-75(96-79(84)62-54-46-38-27-23-19-15-13-17-21-25-34-42-50-58-72(7)10-2)68-94-98(86,87)92-64-74(81)65-93-99(88,89)95-69-76(67-91-78(83)61-53-45-37-30-28-32-40-48-56-70(4)5)97-80(85)63-55-47-39-31-29-35-43-51-59-73(8)11-3/h70-76,81H,9-69H2,1-8H3,(H,86,87)(H,88,89)/t71?,72?,73?,74?,75-,76-/m1/s1. The number of phosphoric ester groups is 2. The molecule has 0 amide bonds. The zero-order valence-electron chi connectivity index (χ0n) is 65.1. The van der Waals surface area contributed by atoms with E-state index in [4.69, 9.17) is 37.0 Å². The van der Waals surface area contributed by atoms with Crippen molar-refractivity contribution in [1.82, 2.24) is 0 Å². The van der Waals surface area contributed by atoms with Crippen LogP contribution in [0.3, 0.4) is 0 Å². The van der Waals surface area contributed by atoms with Crippen molar-refractivity contribution >= 4 is 39.5 Å². The lowest BCUT2D eigenvalue weighted by molar-refractivity contribution is -0.161. The number of hydrogen-bond donors (Lipinski definition) is 3. The molecule has 0 saturated carbocycles. The summed E-state index contributed by atoms with van der Waals surface area (Å²) >= 11 is 0. The van der Waals surface area contributed by atoms with Crippen molar-refractivity contribution in [2.45, 2.75) is 427 Å². The number of aliphatic hydroxyl groups is 1. The lowest BCUT2D eigenvalue weighted by Crippen LogP contribution is -2.30. The lowest BCUT2D eigenvalue weighted by Gasteiger charge is -2.21. The third kappa shape index (κ3) is 70.2. The van der Waals surface area contributed by atoms with Gasteiger partial charge in [-0.2, -0.15) is 0 Å². The maximum Gasteiger partial charge on any atom is 0.472 e. The molecule has 0 aromatic heterocycles. The minimum atomic E-state index is -4.96. The largest absolute Gasteiger partial charge is 0.472 e. The molecular weight excluding hydrogens is 1290 g/mol. The number of unbranched alkanes of at least 4 members (excludes halogenated alkanes) is 40. The van der Waals surface area contributed by atoms with E-state index in [1.807, 2.05) is 0 Å². The molecule has 0 aliphatic carbocycles. The van der Waals surface area contributed by atoms with Crippen molar-refractivity contribution in [3.8, 4) is 0 Å². The van der Waals surface area contributed by atoms with Crippen molar-refractivity contribution in [2.24, 2.45) is 23.7 Å². The van der Waals surface area contributed by atoms with Crippen LogP contribution in [-0.4, -0.2) is 96.7 Å². The van der Waals surface area contributed by atoms with Gasteiger partial charge in [0, 0.05) is 25.7 Å². The highest BCUT2D eigenvalue weighted by Gasteiger charge is 2.30. The van der Waals surface area contributed by atoms with Gasteiger partial charge in [0.25, 0.3) is 0 Å². The molecule has 0 bridgehead atoms. The first-order chi connectivity index (χ1) is 47.7. The maximum atomic E-state index is 13.1. The quantitative estimate of drug-likeness (QED) is 0.0222. The lowest BCUT2D eigenvalue weighted by atomic mass is 9.99. The van der Waals surface area contributed by atoms with Crippen LogP contribution in [0.1, 0.15) is 409 Å². The summed E-state index contributed by atoms with van der Waals surface area (Å²) in [5.74, 6) is 1.07. The number of ether oxygens (including phenoxy) is 4. The van der Waals surface area contributed by atoms with E-state index in [0.29, 0.717) is 25.7 Å². The smallest absolute Gasteiger partial charge is 0.462 e. The molecule has 0 aromatic carbocycles. The van der Waals surface area contributed by atoms with E-state index < -0.39 is 97.5 Å². The third-order valence-electron chi connectivity index (χ3n) is 19.7. The summed E-state index contributed by atoms with van der Waals surface area (Å²) < 4.78 is 68.7. The van der Waals surface area contributed by atoms with Gasteiger partial charge in [0.2, 0.25) is 0 Å². The van der Waals surface area contributed by atoms with Gasteiger partial charge in [-0.3, -0.25) is 37.3 Å². The molecule has 8 atom stereocenters. The van der Waals surface area contributed by atoms with Crippen molar-refractivity contribution in [3.63, 3.8) is 0 Å². The molecular formula is C80H156O17P2. The van der Waals surface area contributed by atoms with Gasteiger partial charge in [-0.15, -0.1) is 0 Å². The van der Waals surface area contributed by atoms with E-state index >= 15 is 0 Å². The van der Waals surface area contributed by atoms with Crippen molar-refractivity contribution in [2.75, 3.05) is 39.6 Å². The van der Waals surface area contributed by atoms with Crippen LogP contribution in [-0.2, 0) is 65.4 Å². The summed E-state index contributed by atoms with van der Waals surface area (Å²) in [5, 5.41) is 10.6. The minimum absolute atomic E-state index is 0.104. The topological polar surface area (TPSA) is 237 Å². The number of aliphatic hydroxyl groups excluding tert-OH is 1. The molecule has 0 rings (SSSR count). The molecule has 0 spiro atoms. The third-order valence-corrected chi connectivity index (χ3v) is 21.6. The molecule has 588 valence electrons. The van der Waals surface area contributed by atoms with Crippen LogP contribution in [0.4, 0.5) is 0 Å². The Balaban J connectivity index is 5.26. The second kappa shape index (κ2) is 69.1. The Labute approximate surface area is 607 Å². The summed E-state index contributed by atoms with van der Waals surface area (Å²) in [6.07, 6.45) is 55.3. The predicted molar refractivity (Wildman–Crippen MR) is 404 cm³/mol. The van der Waals surface area contributed by atoms with Gasteiger partial charge in [0.1, 0.15) is 19.3 Å². The Morgan fingerprint density at radius 2 is 0.485 bits per heavy atom. The van der Waals surface area contributed by atoms with Crippen LogP contribution in [0.5, 0.6) is 0 Å². The number of esters is 4. The molecule has 17 nitrogen and oxygen atoms in total. The molecule has 3 N–H and O–H groups in total. The molecule has 19 heteroatoms. The Hall–Kier alpha value is -1.94. The summed E-state index contributed by atoms with van der Waals surface area (Å²) in [5.41, 5.74) is 0. The average Bonchev–Trinajstić information content (AvgIpc) is 1.35. The second-order valence-electron chi connectivity index (χ2n) is 30.0. The summed E-state index contributed by atoms with van der Waals surface area (Å²) in [6, 6.07) is 0. The number of phosphoric acid groups is 2. The van der Waals surface area contributed by atoms with E-state index in [1.54, 1.807) is 0 Å². The first-order valence-corrected chi connectivity index (χ1v) is 44.3. The molecule has 0 aliphatic rings. The first-order valence-electron chi connectivity index (χ1n) is 41.3. The van der Waals surface area contributed by atoms with E-state index in [9.17, 15) is 43.2 Å².